The first-order valence-corrected chi connectivity index (χ1v) is 9.32. The van der Waals surface area contributed by atoms with Gasteiger partial charge in [-0.05, 0) is 45.7 Å². The van der Waals surface area contributed by atoms with Gasteiger partial charge in [0.1, 0.15) is 0 Å². The van der Waals surface area contributed by atoms with Crippen molar-refractivity contribution in [3.8, 4) is 0 Å². The fourth-order valence-electron chi connectivity index (χ4n) is 3.01. The van der Waals surface area contributed by atoms with Crippen molar-refractivity contribution >= 4 is 29.9 Å². The second kappa shape index (κ2) is 14.1. The average molecular weight is 454 g/mol. The van der Waals surface area contributed by atoms with E-state index in [-0.39, 0.29) is 24.0 Å². The fourth-order valence-corrected chi connectivity index (χ4v) is 3.01. The van der Waals surface area contributed by atoms with E-state index in [2.05, 4.69) is 27.4 Å². The molecule has 2 aliphatic heterocycles. The topological polar surface area (TPSA) is 58.1 Å². The number of nitrogens with zero attached hydrogens (tertiary/aromatic N) is 2. The van der Waals surface area contributed by atoms with Gasteiger partial charge in [-0.15, -0.1) is 24.0 Å². The van der Waals surface area contributed by atoms with Gasteiger partial charge >= 0.3 is 0 Å². The van der Waals surface area contributed by atoms with Crippen LogP contribution in [-0.4, -0.2) is 76.1 Å². The van der Waals surface area contributed by atoms with E-state index in [0.29, 0.717) is 6.10 Å². The van der Waals surface area contributed by atoms with E-state index in [1.54, 1.807) is 0 Å². The number of hydrogen-bond acceptors (Lipinski definition) is 4. The third kappa shape index (κ3) is 9.39. The van der Waals surface area contributed by atoms with Crippen LogP contribution in [0.15, 0.2) is 4.99 Å². The lowest BCUT2D eigenvalue weighted by Gasteiger charge is -2.26. The Morgan fingerprint density at radius 3 is 2.79 bits per heavy atom. The fraction of sp³-hybridized carbons (Fsp3) is 0.941. The molecule has 2 saturated heterocycles. The van der Waals surface area contributed by atoms with Crippen LogP contribution in [0.3, 0.4) is 0 Å². The van der Waals surface area contributed by atoms with Crippen molar-refractivity contribution in [2.75, 3.05) is 59.1 Å². The quantitative estimate of drug-likeness (QED) is 0.241. The van der Waals surface area contributed by atoms with Crippen molar-refractivity contribution < 1.29 is 9.47 Å². The number of nitrogens with one attached hydrogen (secondary N) is 2. The minimum atomic E-state index is 0. The van der Waals surface area contributed by atoms with Crippen molar-refractivity contribution in [1.82, 2.24) is 15.5 Å². The van der Waals surface area contributed by atoms with Crippen molar-refractivity contribution in [2.24, 2.45) is 4.99 Å². The van der Waals surface area contributed by atoms with Gasteiger partial charge in [0.25, 0.3) is 0 Å². The molecule has 0 aromatic heterocycles. The van der Waals surface area contributed by atoms with Gasteiger partial charge in [-0.2, -0.15) is 0 Å². The molecule has 0 aromatic rings. The maximum atomic E-state index is 5.76. The zero-order chi connectivity index (χ0) is 16.2. The van der Waals surface area contributed by atoms with Crippen molar-refractivity contribution in [3.05, 3.63) is 0 Å². The molecule has 0 aromatic carbocycles. The standard InChI is InChI=1S/C17H34N4O2.HI/c1-2-18-17(20-9-12-21-10-4-3-5-11-21)19-8-6-13-23-16-7-14-22-15-16;/h16H,2-15H2,1H3,(H2,18,19,20);1H. The Hall–Kier alpha value is -0.120. The van der Waals surface area contributed by atoms with Crippen LogP contribution in [0.4, 0.5) is 0 Å². The SMILES string of the molecule is CCNC(=NCCCOC1CCOC1)NCCN1CCCCC1.I. The third-order valence-electron chi connectivity index (χ3n) is 4.33. The monoisotopic (exact) mass is 454 g/mol. The average Bonchev–Trinajstić information content (AvgIpc) is 3.09. The Bertz CT molecular complexity index is 333. The molecule has 0 saturated carbocycles. The minimum absolute atomic E-state index is 0. The number of rotatable bonds is 9. The maximum Gasteiger partial charge on any atom is 0.191 e. The van der Waals surface area contributed by atoms with Gasteiger partial charge in [0.2, 0.25) is 0 Å². The lowest BCUT2D eigenvalue weighted by Crippen LogP contribution is -2.42. The zero-order valence-electron chi connectivity index (χ0n) is 15.1. The maximum absolute atomic E-state index is 5.76. The predicted molar refractivity (Wildman–Crippen MR) is 109 cm³/mol. The second-order valence-corrected chi connectivity index (χ2v) is 6.30. The Balaban J connectivity index is 0.00000288. The van der Waals surface area contributed by atoms with Crippen LogP contribution in [0.2, 0.25) is 0 Å². The lowest BCUT2D eigenvalue weighted by molar-refractivity contribution is 0.0424. The normalized spacial score (nSPS) is 22.2. The number of hydrogen-bond donors (Lipinski definition) is 2. The second-order valence-electron chi connectivity index (χ2n) is 6.30. The summed E-state index contributed by atoms with van der Waals surface area (Å²) in [5.41, 5.74) is 0. The van der Waals surface area contributed by atoms with Crippen molar-refractivity contribution in [2.45, 2.75) is 45.1 Å². The van der Waals surface area contributed by atoms with Gasteiger partial charge in [-0.25, -0.2) is 0 Å². The lowest BCUT2D eigenvalue weighted by atomic mass is 10.1. The van der Waals surface area contributed by atoms with Crippen LogP contribution >= 0.6 is 24.0 Å². The highest BCUT2D eigenvalue weighted by Gasteiger charge is 2.15. The summed E-state index contributed by atoms with van der Waals surface area (Å²) in [4.78, 5) is 7.16. The Labute approximate surface area is 164 Å². The molecule has 0 spiro atoms. The van der Waals surface area contributed by atoms with E-state index in [9.17, 15) is 0 Å². The van der Waals surface area contributed by atoms with Gasteiger partial charge in [0.05, 0.1) is 12.7 Å². The number of piperidine rings is 1. The highest BCUT2D eigenvalue weighted by atomic mass is 127. The summed E-state index contributed by atoms with van der Waals surface area (Å²) in [6, 6.07) is 0. The molecule has 2 heterocycles. The van der Waals surface area contributed by atoms with Gasteiger partial charge < -0.3 is 25.0 Å². The number of aliphatic imine (C=N–C) groups is 1. The van der Waals surface area contributed by atoms with Crippen LogP contribution in [-0.2, 0) is 9.47 Å². The molecular weight excluding hydrogens is 419 g/mol. The molecule has 2 aliphatic rings. The molecule has 2 rings (SSSR count). The predicted octanol–water partition coefficient (Wildman–Crippen LogP) is 1.84. The summed E-state index contributed by atoms with van der Waals surface area (Å²) in [7, 11) is 0. The van der Waals surface area contributed by atoms with Crippen molar-refractivity contribution in [1.29, 1.82) is 0 Å². The van der Waals surface area contributed by atoms with Gasteiger partial charge in [-0.1, -0.05) is 6.42 Å². The molecule has 0 aliphatic carbocycles. The molecule has 0 radical (unpaired) electrons. The molecule has 0 amide bonds. The third-order valence-corrected chi connectivity index (χ3v) is 4.33. The molecule has 2 N–H and O–H groups in total. The molecule has 142 valence electrons. The first-order chi connectivity index (χ1) is 11.4. The van der Waals surface area contributed by atoms with Crippen LogP contribution < -0.4 is 10.6 Å². The summed E-state index contributed by atoms with van der Waals surface area (Å²) in [6.07, 6.45) is 6.38. The molecule has 2 fully saturated rings. The number of ether oxygens (including phenoxy) is 2. The van der Waals surface area contributed by atoms with Crippen molar-refractivity contribution in [3.63, 3.8) is 0 Å². The number of halogens is 1. The first kappa shape index (κ1) is 21.9. The molecule has 7 heteroatoms. The summed E-state index contributed by atoms with van der Waals surface area (Å²) in [5.74, 6) is 0.925. The molecule has 0 bridgehead atoms. The number of guanidine groups is 1. The van der Waals surface area contributed by atoms with Gasteiger partial charge in [-0.3, -0.25) is 4.99 Å². The van der Waals surface area contributed by atoms with E-state index in [1.165, 1.54) is 32.4 Å². The molecule has 1 unspecified atom stereocenters. The van der Waals surface area contributed by atoms with Gasteiger partial charge in [0, 0.05) is 39.4 Å². The van der Waals surface area contributed by atoms with E-state index < -0.39 is 0 Å². The highest BCUT2D eigenvalue weighted by molar-refractivity contribution is 14.0. The molecular formula is C17H35IN4O2. The molecule has 24 heavy (non-hydrogen) atoms. The van der Waals surface area contributed by atoms with E-state index >= 15 is 0 Å². The highest BCUT2D eigenvalue weighted by Crippen LogP contribution is 2.08. The number of likely N-dealkylation sites (tertiary alicyclic amines) is 1. The van der Waals surface area contributed by atoms with Crippen LogP contribution in [0, 0.1) is 0 Å². The van der Waals surface area contributed by atoms with Gasteiger partial charge in [0.15, 0.2) is 5.96 Å². The summed E-state index contributed by atoms with van der Waals surface area (Å²) in [5, 5.41) is 6.75. The van der Waals surface area contributed by atoms with E-state index in [1.807, 2.05) is 0 Å². The van der Waals surface area contributed by atoms with E-state index in [0.717, 1.165) is 64.8 Å². The zero-order valence-corrected chi connectivity index (χ0v) is 17.4. The van der Waals surface area contributed by atoms with Crippen LogP contribution in [0.5, 0.6) is 0 Å². The molecule has 6 nitrogen and oxygen atoms in total. The Morgan fingerprint density at radius 2 is 2.08 bits per heavy atom. The molecule has 1 atom stereocenters. The Kier molecular flexibility index (Phi) is 12.9. The Morgan fingerprint density at radius 1 is 1.25 bits per heavy atom. The summed E-state index contributed by atoms with van der Waals surface area (Å²) >= 11 is 0. The van der Waals surface area contributed by atoms with Crippen LogP contribution in [0.25, 0.3) is 0 Å². The first-order valence-electron chi connectivity index (χ1n) is 9.32. The largest absolute Gasteiger partial charge is 0.379 e. The van der Waals surface area contributed by atoms with E-state index in [4.69, 9.17) is 9.47 Å². The summed E-state index contributed by atoms with van der Waals surface area (Å²) < 4.78 is 11.1. The van der Waals surface area contributed by atoms with Crippen LogP contribution in [0.1, 0.15) is 39.0 Å². The smallest absolute Gasteiger partial charge is 0.191 e. The minimum Gasteiger partial charge on any atom is -0.379 e. The summed E-state index contributed by atoms with van der Waals surface area (Å²) in [6.45, 7) is 10.7.